The molecule has 0 radical (unpaired) electrons. The highest BCUT2D eigenvalue weighted by molar-refractivity contribution is 5.08. The Kier molecular flexibility index (Phi) is 2.57. The number of rotatable bonds is 3. The number of aliphatic hydroxyl groups excluding tert-OH is 1. The van der Waals surface area contributed by atoms with Crippen molar-refractivity contribution in [1.82, 2.24) is 9.78 Å². The van der Waals surface area contributed by atoms with Crippen molar-refractivity contribution < 1.29 is 5.11 Å². The van der Waals surface area contributed by atoms with Crippen molar-refractivity contribution >= 4 is 0 Å². The predicted octanol–water partition coefficient (Wildman–Crippen LogP) is 3.06. The standard InChI is InChI=1S/C16H24N2O/c1-18-14(2-3-17-18)15(19)10-16-7-11-4-12(8-16)6-13(5-11)9-16/h2-3,11-13,15,19H,4-10H2,1H3. The third-order valence-electron chi connectivity index (χ3n) is 5.99. The van der Waals surface area contributed by atoms with Gasteiger partial charge in [0.25, 0.3) is 0 Å². The lowest BCUT2D eigenvalue weighted by molar-refractivity contribution is -0.0772. The lowest BCUT2D eigenvalue weighted by Crippen LogP contribution is -2.46. The minimum absolute atomic E-state index is 0.330. The Labute approximate surface area is 115 Å². The molecule has 4 aliphatic carbocycles. The number of aromatic nitrogens is 2. The first-order valence-corrected chi connectivity index (χ1v) is 7.79. The maximum atomic E-state index is 10.6. The molecule has 1 atom stereocenters. The van der Waals surface area contributed by atoms with Gasteiger partial charge >= 0.3 is 0 Å². The Hall–Kier alpha value is -0.830. The fourth-order valence-corrected chi connectivity index (χ4v) is 5.77. The van der Waals surface area contributed by atoms with E-state index in [4.69, 9.17) is 0 Å². The summed E-state index contributed by atoms with van der Waals surface area (Å²) in [5.41, 5.74) is 1.43. The summed E-state index contributed by atoms with van der Waals surface area (Å²) >= 11 is 0. The van der Waals surface area contributed by atoms with Crippen molar-refractivity contribution in [3.8, 4) is 0 Å². The van der Waals surface area contributed by atoms with Crippen LogP contribution in [0.1, 0.15) is 56.7 Å². The zero-order valence-electron chi connectivity index (χ0n) is 11.8. The van der Waals surface area contributed by atoms with E-state index < -0.39 is 0 Å². The summed E-state index contributed by atoms with van der Waals surface area (Å²) in [6.45, 7) is 0. The Morgan fingerprint density at radius 3 is 2.32 bits per heavy atom. The molecule has 1 heterocycles. The van der Waals surface area contributed by atoms with Gasteiger partial charge in [-0.1, -0.05) is 0 Å². The maximum Gasteiger partial charge on any atom is 0.0961 e. The van der Waals surface area contributed by atoms with E-state index in [0.717, 1.165) is 29.9 Å². The summed E-state index contributed by atoms with van der Waals surface area (Å²) in [6.07, 6.45) is 10.9. The topological polar surface area (TPSA) is 38.0 Å². The third-order valence-corrected chi connectivity index (χ3v) is 5.99. The van der Waals surface area contributed by atoms with Gasteiger partial charge in [-0.15, -0.1) is 0 Å². The molecule has 0 amide bonds. The van der Waals surface area contributed by atoms with E-state index in [2.05, 4.69) is 5.10 Å². The average Bonchev–Trinajstić information content (AvgIpc) is 2.72. The zero-order chi connectivity index (χ0) is 13.0. The molecule has 3 heteroatoms. The molecule has 1 aromatic heterocycles. The summed E-state index contributed by atoms with van der Waals surface area (Å²) in [5.74, 6) is 2.89. The van der Waals surface area contributed by atoms with Crippen molar-refractivity contribution in [1.29, 1.82) is 0 Å². The van der Waals surface area contributed by atoms with Gasteiger partial charge in [-0.05, 0) is 74.2 Å². The van der Waals surface area contributed by atoms with E-state index in [1.165, 1.54) is 38.5 Å². The van der Waals surface area contributed by atoms with E-state index >= 15 is 0 Å². The lowest BCUT2D eigenvalue weighted by Gasteiger charge is -2.57. The van der Waals surface area contributed by atoms with Crippen LogP contribution in [0.2, 0.25) is 0 Å². The molecule has 4 fully saturated rings. The monoisotopic (exact) mass is 260 g/mol. The number of hydrogen-bond donors (Lipinski definition) is 1. The molecule has 1 N–H and O–H groups in total. The molecule has 3 nitrogen and oxygen atoms in total. The quantitative estimate of drug-likeness (QED) is 0.907. The summed E-state index contributed by atoms with van der Waals surface area (Å²) in [4.78, 5) is 0. The summed E-state index contributed by atoms with van der Waals surface area (Å²) < 4.78 is 1.82. The fraction of sp³-hybridized carbons (Fsp3) is 0.812. The van der Waals surface area contributed by atoms with Crippen molar-refractivity contribution in [2.45, 2.75) is 51.0 Å². The minimum Gasteiger partial charge on any atom is -0.387 e. The van der Waals surface area contributed by atoms with E-state index in [-0.39, 0.29) is 6.10 Å². The van der Waals surface area contributed by atoms with Crippen LogP contribution in [0.15, 0.2) is 12.3 Å². The molecule has 0 aromatic carbocycles. The van der Waals surface area contributed by atoms with Crippen molar-refractivity contribution in [2.75, 3.05) is 0 Å². The first-order valence-electron chi connectivity index (χ1n) is 7.79. The first kappa shape index (κ1) is 12.0. The van der Waals surface area contributed by atoms with Gasteiger partial charge in [0.05, 0.1) is 11.8 Å². The number of nitrogens with zero attached hydrogens (tertiary/aromatic N) is 2. The highest BCUT2D eigenvalue weighted by Gasteiger charge is 2.51. The zero-order valence-corrected chi connectivity index (χ0v) is 11.8. The van der Waals surface area contributed by atoms with Gasteiger partial charge in [-0.2, -0.15) is 5.10 Å². The van der Waals surface area contributed by atoms with Crippen LogP contribution >= 0.6 is 0 Å². The Morgan fingerprint density at radius 2 is 1.84 bits per heavy atom. The molecule has 1 aromatic rings. The summed E-state index contributed by atoms with van der Waals surface area (Å²) in [6, 6.07) is 1.96. The Balaban J connectivity index is 1.55. The maximum absolute atomic E-state index is 10.6. The van der Waals surface area contributed by atoms with Crippen molar-refractivity contribution in [3.63, 3.8) is 0 Å². The van der Waals surface area contributed by atoms with Gasteiger partial charge in [0, 0.05) is 13.2 Å². The van der Waals surface area contributed by atoms with Crippen LogP contribution in [0.5, 0.6) is 0 Å². The van der Waals surface area contributed by atoms with Gasteiger partial charge < -0.3 is 5.11 Å². The highest BCUT2D eigenvalue weighted by Crippen LogP contribution is 2.62. The molecule has 0 spiro atoms. The van der Waals surface area contributed by atoms with Crippen LogP contribution in [0.25, 0.3) is 0 Å². The van der Waals surface area contributed by atoms with Crippen molar-refractivity contribution in [2.24, 2.45) is 30.2 Å². The molecule has 0 aliphatic heterocycles. The molecule has 1 unspecified atom stereocenters. The number of hydrogen-bond acceptors (Lipinski definition) is 2. The van der Waals surface area contributed by atoms with E-state index in [1.807, 2.05) is 17.8 Å². The van der Waals surface area contributed by atoms with E-state index in [0.29, 0.717) is 5.41 Å². The molecule has 4 bridgehead atoms. The second kappa shape index (κ2) is 4.08. The second-order valence-corrected chi connectivity index (χ2v) is 7.52. The normalized spacial score (nSPS) is 41.7. The smallest absolute Gasteiger partial charge is 0.0961 e. The van der Waals surface area contributed by atoms with Crippen LogP contribution in [0.4, 0.5) is 0 Å². The number of aliphatic hydroxyl groups is 1. The van der Waals surface area contributed by atoms with E-state index in [9.17, 15) is 5.11 Å². The molecular weight excluding hydrogens is 236 g/mol. The SMILES string of the molecule is Cn1nccc1C(O)CC12CC3CC(CC(C3)C1)C2. The largest absolute Gasteiger partial charge is 0.387 e. The molecule has 4 saturated carbocycles. The third kappa shape index (κ3) is 1.94. The molecule has 19 heavy (non-hydrogen) atoms. The summed E-state index contributed by atoms with van der Waals surface area (Å²) in [5, 5.41) is 14.8. The van der Waals surface area contributed by atoms with Gasteiger partial charge in [0.1, 0.15) is 0 Å². The van der Waals surface area contributed by atoms with Gasteiger partial charge in [-0.3, -0.25) is 4.68 Å². The van der Waals surface area contributed by atoms with Crippen LogP contribution in [0.3, 0.4) is 0 Å². The highest BCUT2D eigenvalue weighted by atomic mass is 16.3. The minimum atomic E-state index is -0.330. The van der Waals surface area contributed by atoms with Gasteiger partial charge in [0.15, 0.2) is 0 Å². The Bertz CT molecular complexity index is 444. The molecule has 0 saturated heterocycles. The van der Waals surface area contributed by atoms with Crippen molar-refractivity contribution in [3.05, 3.63) is 18.0 Å². The molecular formula is C16H24N2O. The summed E-state index contributed by atoms with van der Waals surface area (Å²) in [7, 11) is 1.93. The van der Waals surface area contributed by atoms with Crippen LogP contribution in [-0.2, 0) is 7.05 Å². The van der Waals surface area contributed by atoms with Crippen LogP contribution in [0, 0.1) is 23.2 Å². The molecule has 5 rings (SSSR count). The first-order chi connectivity index (χ1) is 9.13. The fourth-order valence-electron chi connectivity index (χ4n) is 5.77. The van der Waals surface area contributed by atoms with E-state index in [1.54, 1.807) is 6.20 Å². The molecule has 104 valence electrons. The van der Waals surface area contributed by atoms with Gasteiger partial charge in [0.2, 0.25) is 0 Å². The average molecular weight is 260 g/mol. The molecule has 4 aliphatic rings. The number of aryl methyl sites for hydroxylation is 1. The Morgan fingerprint density at radius 1 is 1.26 bits per heavy atom. The van der Waals surface area contributed by atoms with Crippen LogP contribution < -0.4 is 0 Å². The predicted molar refractivity (Wildman–Crippen MR) is 73.4 cm³/mol. The van der Waals surface area contributed by atoms with Crippen LogP contribution in [-0.4, -0.2) is 14.9 Å². The van der Waals surface area contributed by atoms with Gasteiger partial charge in [-0.25, -0.2) is 0 Å². The second-order valence-electron chi connectivity index (χ2n) is 7.52. The lowest BCUT2D eigenvalue weighted by atomic mass is 9.48.